The largest absolute Gasteiger partial charge is 0.324 e. The van der Waals surface area contributed by atoms with Gasteiger partial charge in [-0.15, -0.1) is 12.4 Å². The minimum Gasteiger partial charge on any atom is -0.324 e. The number of rotatable bonds is 2. The molecular weight excluding hydrogens is 251 g/mol. The van der Waals surface area contributed by atoms with Crippen LogP contribution < -0.4 is 5.73 Å². The molecule has 0 spiro atoms. The summed E-state index contributed by atoms with van der Waals surface area (Å²) in [5, 5.41) is 0. The number of hydrogen-bond acceptors (Lipinski definition) is 3. The fourth-order valence-electron chi connectivity index (χ4n) is 1.20. The summed E-state index contributed by atoms with van der Waals surface area (Å²) >= 11 is 0. The van der Waals surface area contributed by atoms with E-state index in [0.717, 1.165) is 0 Å². The predicted molar refractivity (Wildman–Crippen MR) is 68.3 cm³/mol. The molecule has 0 heterocycles. The standard InChI is InChI=1S/C10H15FN2OS.ClH/c1-7(12)8-5-4-6-9(10(8)11)13-15(2,3)14;/h4-7H,12H2,1-3H3;1H. The lowest BCUT2D eigenvalue weighted by atomic mass is 10.1. The topological polar surface area (TPSA) is 55.4 Å². The maximum atomic E-state index is 13.8. The summed E-state index contributed by atoms with van der Waals surface area (Å²) in [5.74, 6) is -0.482. The van der Waals surface area contributed by atoms with Crippen LogP contribution >= 0.6 is 12.4 Å². The Labute approximate surface area is 102 Å². The van der Waals surface area contributed by atoms with Gasteiger partial charge < -0.3 is 5.73 Å². The van der Waals surface area contributed by atoms with Crippen molar-refractivity contribution in [2.24, 2.45) is 10.1 Å². The summed E-state index contributed by atoms with van der Waals surface area (Å²) in [6, 6.07) is 4.36. The lowest BCUT2D eigenvalue weighted by Crippen LogP contribution is -2.07. The van der Waals surface area contributed by atoms with Gasteiger partial charge >= 0.3 is 0 Å². The minimum absolute atomic E-state index is 0. The zero-order valence-electron chi connectivity index (χ0n) is 9.44. The lowest BCUT2D eigenvalue weighted by molar-refractivity contribution is 0.596. The molecule has 1 rings (SSSR count). The molecule has 1 unspecified atom stereocenters. The average Bonchev–Trinajstić information content (AvgIpc) is 2.05. The van der Waals surface area contributed by atoms with Gasteiger partial charge in [-0.3, -0.25) is 0 Å². The van der Waals surface area contributed by atoms with E-state index in [1.165, 1.54) is 18.6 Å². The third-order valence-corrected chi connectivity index (χ3v) is 2.45. The Kier molecular flexibility index (Phi) is 5.38. The van der Waals surface area contributed by atoms with Crippen molar-refractivity contribution >= 4 is 27.8 Å². The molecule has 0 saturated carbocycles. The van der Waals surface area contributed by atoms with Crippen molar-refractivity contribution in [3.8, 4) is 0 Å². The summed E-state index contributed by atoms with van der Waals surface area (Å²) < 4.78 is 29.0. The van der Waals surface area contributed by atoms with E-state index in [1.807, 2.05) is 0 Å². The third-order valence-electron chi connectivity index (χ3n) is 1.82. The van der Waals surface area contributed by atoms with Gasteiger partial charge in [0.05, 0.1) is 0 Å². The molecule has 0 aliphatic heterocycles. The van der Waals surface area contributed by atoms with E-state index in [9.17, 15) is 8.60 Å². The van der Waals surface area contributed by atoms with E-state index < -0.39 is 21.6 Å². The lowest BCUT2D eigenvalue weighted by Gasteiger charge is -2.08. The van der Waals surface area contributed by atoms with Crippen LogP contribution in [-0.2, 0) is 9.73 Å². The Balaban J connectivity index is 0.00000225. The second-order valence-corrected chi connectivity index (χ2v) is 6.29. The van der Waals surface area contributed by atoms with Crippen molar-refractivity contribution in [2.75, 3.05) is 12.5 Å². The van der Waals surface area contributed by atoms with Crippen LogP contribution in [0.25, 0.3) is 0 Å². The van der Waals surface area contributed by atoms with Crippen molar-refractivity contribution in [3.05, 3.63) is 29.6 Å². The van der Waals surface area contributed by atoms with Crippen LogP contribution in [0, 0.1) is 5.82 Å². The number of halogens is 2. The third kappa shape index (κ3) is 4.08. The maximum absolute atomic E-state index is 13.8. The molecule has 0 aromatic heterocycles. The number of nitrogens with zero attached hydrogens (tertiary/aromatic N) is 1. The molecule has 0 fully saturated rings. The Morgan fingerprint density at radius 2 is 2.00 bits per heavy atom. The van der Waals surface area contributed by atoms with Gasteiger partial charge in [0.2, 0.25) is 0 Å². The van der Waals surface area contributed by atoms with Gasteiger partial charge in [0.1, 0.15) is 5.69 Å². The fraction of sp³-hybridized carbons (Fsp3) is 0.400. The van der Waals surface area contributed by atoms with Gasteiger partial charge in [-0.25, -0.2) is 8.60 Å². The van der Waals surface area contributed by atoms with Crippen LogP contribution in [0.3, 0.4) is 0 Å². The normalized spacial score (nSPS) is 12.8. The summed E-state index contributed by atoms with van der Waals surface area (Å²) in [6.07, 6.45) is 2.93. The molecule has 2 N–H and O–H groups in total. The molecule has 1 atom stereocenters. The van der Waals surface area contributed by atoms with Gasteiger partial charge in [-0.1, -0.05) is 12.1 Å². The summed E-state index contributed by atoms with van der Waals surface area (Å²) in [7, 11) is -2.35. The van der Waals surface area contributed by atoms with E-state index in [2.05, 4.69) is 4.36 Å². The Bertz CT molecular complexity index is 474. The molecule has 1 aromatic carbocycles. The quantitative estimate of drug-likeness (QED) is 0.895. The SMILES string of the molecule is CC(N)c1cccc(N=S(C)(C)=O)c1F.Cl. The van der Waals surface area contributed by atoms with E-state index in [1.54, 1.807) is 19.1 Å². The molecule has 0 radical (unpaired) electrons. The number of nitrogens with two attached hydrogens (primary N) is 1. The molecule has 16 heavy (non-hydrogen) atoms. The molecule has 3 nitrogen and oxygen atoms in total. The highest BCUT2D eigenvalue weighted by Gasteiger charge is 2.11. The van der Waals surface area contributed by atoms with Crippen molar-refractivity contribution in [1.29, 1.82) is 0 Å². The highest BCUT2D eigenvalue weighted by Crippen LogP contribution is 2.25. The fourth-order valence-corrected chi connectivity index (χ4v) is 1.81. The van der Waals surface area contributed by atoms with Crippen LogP contribution in [-0.4, -0.2) is 16.7 Å². The van der Waals surface area contributed by atoms with Crippen molar-refractivity contribution in [2.45, 2.75) is 13.0 Å². The van der Waals surface area contributed by atoms with Gasteiger partial charge in [0, 0.05) is 33.8 Å². The minimum atomic E-state index is -2.35. The van der Waals surface area contributed by atoms with Crippen LogP contribution in [0.4, 0.5) is 10.1 Å². The second kappa shape index (κ2) is 5.61. The second-order valence-electron chi connectivity index (χ2n) is 3.74. The first-order valence-electron chi connectivity index (χ1n) is 4.52. The van der Waals surface area contributed by atoms with E-state index in [0.29, 0.717) is 5.56 Å². The van der Waals surface area contributed by atoms with E-state index >= 15 is 0 Å². The van der Waals surface area contributed by atoms with Crippen molar-refractivity contribution < 1.29 is 8.60 Å². The molecule has 0 aliphatic carbocycles. The molecular formula is C10H16ClFN2OS. The zero-order chi connectivity index (χ0) is 11.6. The molecule has 0 bridgehead atoms. The number of benzene rings is 1. The maximum Gasteiger partial charge on any atom is 0.154 e. The highest BCUT2D eigenvalue weighted by atomic mass is 35.5. The summed E-state index contributed by atoms with van der Waals surface area (Å²) in [6.45, 7) is 1.69. The molecule has 0 amide bonds. The summed E-state index contributed by atoms with van der Waals surface area (Å²) in [4.78, 5) is 0. The summed E-state index contributed by atoms with van der Waals surface area (Å²) in [5.41, 5.74) is 6.09. The molecule has 6 heteroatoms. The van der Waals surface area contributed by atoms with Crippen LogP contribution in [0.1, 0.15) is 18.5 Å². The van der Waals surface area contributed by atoms with Crippen molar-refractivity contribution in [3.63, 3.8) is 0 Å². The van der Waals surface area contributed by atoms with Gasteiger partial charge in [-0.2, -0.15) is 4.36 Å². The Morgan fingerprint density at radius 3 is 2.44 bits per heavy atom. The molecule has 0 saturated heterocycles. The zero-order valence-corrected chi connectivity index (χ0v) is 11.1. The van der Waals surface area contributed by atoms with Crippen LogP contribution in [0.2, 0.25) is 0 Å². The number of hydrogen-bond donors (Lipinski definition) is 1. The van der Waals surface area contributed by atoms with Crippen LogP contribution in [0.15, 0.2) is 22.6 Å². The Morgan fingerprint density at radius 1 is 1.44 bits per heavy atom. The first kappa shape index (κ1) is 15.3. The van der Waals surface area contributed by atoms with E-state index in [4.69, 9.17) is 5.73 Å². The van der Waals surface area contributed by atoms with Gasteiger partial charge in [-0.05, 0) is 13.0 Å². The van der Waals surface area contributed by atoms with Gasteiger partial charge in [0.15, 0.2) is 5.82 Å². The molecule has 1 aromatic rings. The van der Waals surface area contributed by atoms with Crippen LogP contribution in [0.5, 0.6) is 0 Å². The first-order chi connectivity index (χ1) is 6.81. The van der Waals surface area contributed by atoms with Gasteiger partial charge in [0.25, 0.3) is 0 Å². The Hall–Kier alpha value is -0.650. The van der Waals surface area contributed by atoms with Crippen molar-refractivity contribution in [1.82, 2.24) is 0 Å². The predicted octanol–water partition coefficient (Wildman–Crippen LogP) is 2.63. The highest BCUT2D eigenvalue weighted by molar-refractivity contribution is 7.92. The average molecular weight is 267 g/mol. The molecule has 0 aliphatic rings. The molecule has 92 valence electrons. The monoisotopic (exact) mass is 266 g/mol. The smallest absolute Gasteiger partial charge is 0.154 e. The van der Waals surface area contributed by atoms with E-state index in [-0.39, 0.29) is 18.1 Å². The first-order valence-corrected chi connectivity index (χ1v) is 6.85.